The van der Waals surface area contributed by atoms with Gasteiger partial charge < -0.3 is 9.84 Å². The number of carboxylic acid groups (broad SMARTS) is 1. The van der Waals surface area contributed by atoms with E-state index in [9.17, 15) is 23.1 Å². The lowest BCUT2D eigenvalue weighted by Gasteiger charge is -2.22. The summed E-state index contributed by atoms with van der Waals surface area (Å²) in [5.74, 6) is -0.158. The third kappa shape index (κ3) is 5.67. The molecule has 0 bridgehead atoms. The van der Waals surface area contributed by atoms with Crippen LogP contribution in [0.3, 0.4) is 0 Å². The van der Waals surface area contributed by atoms with Crippen molar-refractivity contribution in [3.8, 4) is 5.75 Å². The Labute approximate surface area is 199 Å². The average Bonchev–Trinajstić information content (AvgIpc) is 3.15. The van der Waals surface area contributed by atoms with Gasteiger partial charge in [-0.1, -0.05) is 24.3 Å². The fourth-order valence-electron chi connectivity index (χ4n) is 4.00. The number of aliphatic carboxylic acids is 1. The standard InChI is InChI=1S/C24H26F3N3O3S/c1-23(2,22(31)32)33-19-8-5-15-9-11-30(12-10-17(15)13-19)14-20-28-21(29-34-20)16-3-6-18(7-4-16)24(25,26)27/h3,5-8,13,16H,4,9-12,14H2,1-2H3,(H,31,32). The molecular weight excluding hydrogens is 467 g/mol. The Balaban J connectivity index is 1.36. The second-order valence-corrected chi connectivity index (χ2v) is 9.87. The Hall–Kier alpha value is -2.72. The quantitative estimate of drug-likeness (QED) is 0.616. The number of alkyl halides is 3. The van der Waals surface area contributed by atoms with Gasteiger partial charge in [-0.15, -0.1) is 0 Å². The second-order valence-electron chi connectivity index (χ2n) is 9.03. The zero-order valence-corrected chi connectivity index (χ0v) is 19.7. The van der Waals surface area contributed by atoms with Gasteiger partial charge in [0.05, 0.1) is 12.1 Å². The lowest BCUT2D eigenvalue weighted by Crippen LogP contribution is -2.37. The van der Waals surface area contributed by atoms with E-state index >= 15 is 0 Å². The largest absolute Gasteiger partial charge is 0.478 e. The highest BCUT2D eigenvalue weighted by Gasteiger charge is 2.33. The first-order valence-corrected chi connectivity index (χ1v) is 11.8. The first-order valence-electron chi connectivity index (χ1n) is 11.1. The fraction of sp³-hybridized carbons (Fsp3) is 0.458. The number of hydrogen-bond donors (Lipinski definition) is 1. The van der Waals surface area contributed by atoms with E-state index in [0.29, 0.717) is 18.1 Å². The molecule has 34 heavy (non-hydrogen) atoms. The molecule has 0 saturated heterocycles. The molecule has 2 aromatic rings. The molecule has 6 nitrogen and oxygen atoms in total. The number of allylic oxidation sites excluding steroid dienone is 4. The Morgan fingerprint density at radius 2 is 1.97 bits per heavy atom. The van der Waals surface area contributed by atoms with Crippen molar-refractivity contribution in [3.63, 3.8) is 0 Å². The minimum atomic E-state index is -4.33. The molecule has 0 saturated carbocycles. The number of rotatable bonds is 6. The summed E-state index contributed by atoms with van der Waals surface area (Å²) < 4.78 is 48.5. The van der Waals surface area contributed by atoms with Gasteiger partial charge in [0.2, 0.25) is 0 Å². The van der Waals surface area contributed by atoms with Crippen molar-refractivity contribution >= 4 is 17.5 Å². The summed E-state index contributed by atoms with van der Waals surface area (Å²) in [7, 11) is 0. The Morgan fingerprint density at radius 3 is 2.62 bits per heavy atom. The normalized spacial score (nSPS) is 19.3. The highest BCUT2D eigenvalue weighted by atomic mass is 32.1. The van der Waals surface area contributed by atoms with Crippen molar-refractivity contribution in [3.05, 3.63) is 64.0 Å². The highest BCUT2D eigenvalue weighted by molar-refractivity contribution is 7.05. The molecule has 1 atom stereocenters. The molecule has 4 rings (SSSR count). The van der Waals surface area contributed by atoms with Crippen molar-refractivity contribution in [2.45, 2.75) is 57.3 Å². The topological polar surface area (TPSA) is 75.5 Å². The number of hydrogen-bond acceptors (Lipinski definition) is 6. The third-order valence-corrected chi connectivity index (χ3v) is 6.77. The van der Waals surface area contributed by atoms with Crippen LogP contribution in [-0.4, -0.2) is 50.2 Å². The van der Waals surface area contributed by atoms with Crippen LogP contribution in [0.5, 0.6) is 5.75 Å². The SMILES string of the molecule is CC(C)(Oc1ccc2c(c1)CCN(Cc1nc(C3C=CC(C(F)(F)F)=CC3)ns1)CC2)C(=O)O. The van der Waals surface area contributed by atoms with Crippen molar-refractivity contribution in [1.29, 1.82) is 0 Å². The highest BCUT2D eigenvalue weighted by Crippen LogP contribution is 2.34. The van der Waals surface area contributed by atoms with Gasteiger partial charge in [0.25, 0.3) is 0 Å². The molecule has 0 fully saturated rings. The number of halogens is 3. The molecule has 2 heterocycles. The number of benzene rings is 1. The Kier molecular flexibility index (Phi) is 6.82. The van der Waals surface area contributed by atoms with Crippen LogP contribution < -0.4 is 4.74 Å². The molecule has 0 spiro atoms. The van der Waals surface area contributed by atoms with Gasteiger partial charge in [0.15, 0.2) is 5.60 Å². The maximum Gasteiger partial charge on any atom is 0.416 e. The number of ether oxygens (including phenoxy) is 1. The first-order chi connectivity index (χ1) is 16.0. The van der Waals surface area contributed by atoms with Crippen molar-refractivity contribution < 1.29 is 27.8 Å². The molecule has 182 valence electrons. The van der Waals surface area contributed by atoms with Crippen molar-refractivity contribution in [2.75, 3.05) is 13.1 Å². The van der Waals surface area contributed by atoms with Crippen LogP contribution in [-0.2, 0) is 24.2 Å². The number of fused-ring (bicyclic) bond motifs is 1. The van der Waals surface area contributed by atoms with Gasteiger partial charge >= 0.3 is 12.1 Å². The molecule has 1 aromatic carbocycles. The van der Waals surface area contributed by atoms with E-state index in [1.54, 1.807) is 0 Å². The molecule has 10 heteroatoms. The zero-order chi connectivity index (χ0) is 24.5. The number of carbonyl (C=O) groups is 1. The number of aromatic nitrogens is 2. The summed E-state index contributed by atoms with van der Waals surface area (Å²) in [6, 6.07) is 5.73. The van der Waals surface area contributed by atoms with Gasteiger partial charge in [-0.05, 0) is 67.9 Å². The summed E-state index contributed by atoms with van der Waals surface area (Å²) >= 11 is 1.29. The zero-order valence-electron chi connectivity index (χ0n) is 18.9. The molecule has 0 amide bonds. The molecule has 1 aromatic heterocycles. The van der Waals surface area contributed by atoms with Gasteiger partial charge in [-0.2, -0.15) is 17.5 Å². The van der Waals surface area contributed by atoms with E-state index in [1.807, 2.05) is 18.2 Å². The first kappa shape index (κ1) is 24.4. The predicted molar refractivity (Wildman–Crippen MR) is 122 cm³/mol. The van der Waals surface area contributed by atoms with Crippen LogP contribution in [0.2, 0.25) is 0 Å². The molecule has 1 aliphatic heterocycles. The van der Waals surface area contributed by atoms with Crippen LogP contribution in [0.1, 0.15) is 48.1 Å². The van der Waals surface area contributed by atoms with Gasteiger partial charge in [0.1, 0.15) is 16.6 Å². The fourth-order valence-corrected chi connectivity index (χ4v) is 4.75. The minimum Gasteiger partial charge on any atom is -0.478 e. The van der Waals surface area contributed by atoms with Crippen molar-refractivity contribution in [1.82, 2.24) is 14.3 Å². The molecule has 0 radical (unpaired) electrons. The predicted octanol–water partition coefficient (Wildman–Crippen LogP) is 4.91. The summed E-state index contributed by atoms with van der Waals surface area (Å²) in [4.78, 5) is 18.2. The van der Waals surface area contributed by atoms with Gasteiger partial charge in [-0.25, -0.2) is 9.78 Å². The second kappa shape index (κ2) is 9.50. The van der Waals surface area contributed by atoms with E-state index in [-0.39, 0.29) is 12.3 Å². The third-order valence-electron chi connectivity index (χ3n) is 6.06. The summed E-state index contributed by atoms with van der Waals surface area (Å²) in [5, 5.41) is 10.1. The van der Waals surface area contributed by atoms with Crippen LogP contribution >= 0.6 is 11.5 Å². The monoisotopic (exact) mass is 493 g/mol. The van der Waals surface area contributed by atoms with E-state index < -0.39 is 23.3 Å². The molecule has 1 unspecified atom stereocenters. The smallest absolute Gasteiger partial charge is 0.416 e. The number of nitrogens with zero attached hydrogens (tertiary/aromatic N) is 3. The van der Waals surface area contributed by atoms with Crippen LogP contribution in [0.25, 0.3) is 0 Å². The van der Waals surface area contributed by atoms with Crippen molar-refractivity contribution in [2.24, 2.45) is 0 Å². The van der Waals surface area contributed by atoms with Crippen LogP contribution in [0, 0.1) is 0 Å². The minimum absolute atomic E-state index is 0.238. The van der Waals surface area contributed by atoms with Gasteiger partial charge in [-0.3, -0.25) is 4.90 Å². The molecule has 2 aliphatic rings. The Morgan fingerprint density at radius 1 is 1.24 bits per heavy atom. The molecule has 1 aliphatic carbocycles. The van der Waals surface area contributed by atoms with Crippen LogP contribution in [0.4, 0.5) is 13.2 Å². The van der Waals surface area contributed by atoms with Gasteiger partial charge in [0, 0.05) is 19.0 Å². The molecule has 1 N–H and O–H groups in total. The average molecular weight is 494 g/mol. The summed E-state index contributed by atoms with van der Waals surface area (Å²) in [6.45, 7) is 5.31. The van der Waals surface area contributed by atoms with E-state index in [4.69, 9.17) is 4.74 Å². The van der Waals surface area contributed by atoms with E-state index in [2.05, 4.69) is 14.3 Å². The lowest BCUT2D eigenvalue weighted by molar-refractivity contribution is -0.152. The van der Waals surface area contributed by atoms with E-state index in [0.717, 1.165) is 42.6 Å². The number of carboxylic acids is 1. The summed E-state index contributed by atoms with van der Waals surface area (Å²) in [5.41, 5.74) is 0.417. The maximum atomic E-state index is 12.8. The Bertz CT molecular complexity index is 1120. The molecular formula is C24H26F3N3O3S. The lowest BCUT2D eigenvalue weighted by atomic mass is 9.96. The summed E-state index contributed by atoms with van der Waals surface area (Å²) in [6.07, 6.45) is 1.39. The maximum absolute atomic E-state index is 12.8. The van der Waals surface area contributed by atoms with E-state index in [1.165, 1.54) is 43.1 Å². The van der Waals surface area contributed by atoms with Crippen LogP contribution in [0.15, 0.2) is 42.0 Å².